The van der Waals surface area contributed by atoms with Crippen molar-refractivity contribution >= 4 is 6.08 Å². The first-order valence-corrected chi connectivity index (χ1v) is 10.6. The maximum Gasteiger partial charge on any atom is 0.254 e. The normalized spacial score (nSPS) is 19.2. The Labute approximate surface area is 179 Å². The van der Waals surface area contributed by atoms with Crippen LogP contribution >= 0.6 is 0 Å². The number of hydrogen-bond donors (Lipinski definition) is 0. The summed E-state index contributed by atoms with van der Waals surface area (Å²) >= 11 is 0. The summed E-state index contributed by atoms with van der Waals surface area (Å²) in [6.07, 6.45) is 9.18. The molecule has 1 saturated carbocycles. The van der Waals surface area contributed by atoms with E-state index in [0.717, 1.165) is 53.1 Å². The second kappa shape index (κ2) is 7.49. The molecule has 0 radical (unpaired) electrons. The fourth-order valence-corrected chi connectivity index (χ4v) is 4.62. The Hall–Kier alpha value is -3.21. The molecule has 1 aromatic heterocycles. The summed E-state index contributed by atoms with van der Waals surface area (Å²) in [6.45, 7) is 1.97. The highest BCUT2D eigenvalue weighted by atomic mass is 19.1. The molecule has 0 amide bonds. The molecule has 2 aromatic carbocycles. The van der Waals surface area contributed by atoms with E-state index in [0.29, 0.717) is 17.6 Å². The summed E-state index contributed by atoms with van der Waals surface area (Å²) < 4.78 is 35.1. The minimum atomic E-state index is -0.762. The van der Waals surface area contributed by atoms with Crippen LogP contribution in [0.2, 0.25) is 0 Å². The Kier molecular flexibility index (Phi) is 4.77. The molecular weight excluding hydrogens is 396 g/mol. The van der Waals surface area contributed by atoms with Crippen LogP contribution in [0.25, 0.3) is 17.2 Å². The van der Waals surface area contributed by atoms with Gasteiger partial charge in [0.15, 0.2) is 11.6 Å². The molecule has 31 heavy (non-hydrogen) atoms. The standard InChI is InChI=1S/C26H23F2NO2/c1-15-3-9-24(31-25-10-7-18(27)13-23(25)28)20(11-15)22-14-29(2)26(30)21-12-17-5-4-16(17)6-8-19(21)22/h3,6-11,13-14,16-17H,4-5,12H2,1-2H3. The van der Waals surface area contributed by atoms with Crippen LogP contribution in [0.15, 0.2) is 53.5 Å². The quantitative estimate of drug-likeness (QED) is 0.519. The Balaban J connectivity index is 1.68. The summed E-state index contributed by atoms with van der Waals surface area (Å²) in [5, 5.41) is 0. The summed E-state index contributed by atoms with van der Waals surface area (Å²) in [5.74, 6) is 0.0291. The third-order valence-electron chi connectivity index (χ3n) is 6.51. The molecule has 1 fully saturated rings. The van der Waals surface area contributed by atoms with Crippen molar-refractivity contribution < 1.29 is 13.5 Å². The fraction of sp³-hybridized carbons (Fsp3) is 0.269. The smallest absolute Gasteiger partial charge is 0.254 e. The van der Waals surface area contributed by atoms with Gasteiger partial charge in [-0.25, -0.2) is 8.78 Å². The first-order chi connectivity index (χ1) is 14.9. The van der Waals surface area contributed by atoms with Crippen molar-refractivity contribution in [1.82, 2.24) is 4.57 Å². The molecule has 2 atom stereocenters. The number of benzene rings is 2. The van der Waals surface area contributed by atoms with Gasteiger partial charge in [-0.1, -0.05) is 23.8 Å². The van der Waals surface area contributed by atoms with Crippen LogP contribution in [0.5, 0.6) is 11.5 Å². The predicted molar refractivity (Wildman–Crippen MR) is 117 cm³/mol. The lowest BCUT2D eigenvalue weighted by Crippen LogP contribution is -2.29. The highest BCUT2D eigenvalue weighted by molar-refractivity contribution is 5.81. The minimum absolute atomic E-state index is 0.0238. The van der Waals surface area contributed by atoms with Gasteiger partial charge in [0.05, 0.1) is 0 Å². The molecule has 0 bridgehead atoms. The van der Waals surface area contributed by atoms with Gasteiger partial charge in [0.25, 0.3) is 5.56 Å². The van der Waals surface area contributed by atoms with Crippen LogP contribution < -0.4 is 10.3 Å². The molecule has 2 aliphatic rings. The SMILES string of the molecule is Cc1ccc(Oc2ccc(F)cc2F)c(-c2cn(C)c(=O)c3c2C=CC2CCC2C3)c1. The van der Waals surface area contributed by atoms with E-state index in [1.54, 1.807) is 17.7 Å². The second-order valence-corrected chi connectivity index (χ2v) is 8.59. The van der Waals surface area contributed by atoms with Gasteiger partial charge in [0.2, 0.25) is 0 Å². The lowest BCUT2D eigenvalue weighted by Gasteiger charge is -2.33. The topological polar surface area (TPSA) is 31.2 Å². The van der Waals surface area contributed by atoms with Gasteiger partial charge in [0, 0.05) is 36.0 Å². The molecule has 1 heterocycles. The molecule has 158 valence electrons. The number of hydrogen-bond acceptors (Lipinski definition) is 2. The maximum absolute atomic E-state index is 14.3. The van der Waals surface area contributed by atoms with Crippen molar-refractivity contribution in [3.8, 4) is 22.6 Å². The van der Waals surface area contributed by atoms with Gasteiger partial charge in [-0.3, -0.25) is 4.79 Å². The Morgan fingerprint density at radius 1 is 1.03 bits per heavy atom. The van der Waals surface area contributed by atoms with Gasteiger partial charge in [0.1, 0.15) is 11.6 Å². The molecule has 2 aliphatic carbocycles. The van der Waals surface area contributed by atoms with Crippen LogP contribution in [0.1, 0.15) is 29.5 Å². The van der Waals surface area contributed by atoms with E-state index in [-0.39, 0.29) is 11.3 Å². The third-order valence-corrected chi connectivity index (χ3v) is 6.51. The van der Waals surface area contributed by atoms with Crippen molar-refractivity contribution in [2.45, 2.75) is 26.2 Å². The average molecular weight is 419 g/mol. The molecule has 0 aliphatic heterocycles. The highest BCUT2D eigenvalue weighted by Gasteiger charge is 2.33. The number of halogens is 2. The highest BCUT2D eigenvalue weighted by Crippen LogP contribution is 2.43. The van der Waals surface area contributed by atoms with Gasteiger partial charge in [-0.05, 0) is 67.9 Å². The van der Waals surface area contributed by atoms with E-state index >= 15 is 0 Å². The zero-order chi connectivity index (χ0) is 21.7. The van der Waals surface area contributed by atoms with Crippen molar-refractivity contribution in [1.29, 1.82) is 0 Å². The molecule has 5 heteroatoms. The van der Waals surface area contributed by atoms with Gasteiger partial charge < -0.3 is 9.30 Å². The Bertz CT molecular complexity index is 1280. The van der Waals surface area contributed by atoms with E-state index in [2.05, 4.69) is 12.2 Å². The molecule has 3 aromatic rings. The molecular formula is C26H23F2NO2. The number of nitrogens with zero attached hydrogens (tertiary/aromatic N) is 1. The number of pyridine rings is 1. The molecule has 0 saturated heterocycles. The lowest BCUT2D eigenvalue weighted by molar-refractivity contribution is 0.227. The summed E-state index contributed by atoms with van der Waals surface area (Å²) in [6, 6.07) is 8.91. The number of ether oxygens (including phenoxy) is 1. The van der Waals surface area contributed by atoms with Crippen LogP contribution in [0.4, 0.5) is 8.78 Å². The Morgan fingerprint density at radius 2 is 1.84 bits per heavy atom. The summed E-state index contributed by atoms with van der Waals surface area (Å²) in [5.41, 5.74) is 4.42. The zero-order valence-corrected chi connectivity index (χ0v) is 17.5. The zero-order valence-electron chi connectivity index (χ0n) is 17.5. The molecule has 5 rings (SSSR count). The van der Waals surface area contributed by atoms with E-state index in [9.17, 15) is 13.6 Å². The monoisotopic (exact) mass is 419 g/mol. The van der Waals surface area contributed by atoms with Crippen molar-refractivity contribution in [2.24, 2.45) is 18.9 Å². The minimum Gasteiger partial charge on any atom is -0.454 e. The number of aryl methyl sites for hydroxylation is 2. The lowest BCUT2D eigenvalue weighted by atomic mass is 9.72. The molecule has 3 nitrogen and oxygen atoms in total. The van der Waals surface area contributed by atoms with Crippen molar-refractivity contribution in [2.75, 3.05) is 0 Å². The third kappa shape index (κ3) is 3.48. The number of allylic oxidation sites excluding steroid dienone is 1. The Morgan fingerprint density at radius 3 is 2.58 bits per heavy atom. The summed E-state index contributed by atoms with van der Waals surface area (Å²) in [7, 11) is 1.76. The van der Waals surface area contributed by atoms with E-state index in [1.165, 1.54) is 12.1 Å². The van der Waals surface area contributed by atoms with Gasteiger partial charge >= 0.3 is 0 Å². The van der Waals surface area contributed by atoms with Crippen LogP contribution in [0, 0.1) is 30.4 Å². The van der Waals surface area contributed by atoms with Crippen LogP contribution in [-0.4, -0.2) is 4.57 Å². The summed E-state index contributed by atoms with van der Waals surface area (Å²) in [4.78, 5) is 13.0. The fourth-order valence-electron chi connectivity index (χ4n) is 4.62. The predicted octanol–water partition coefficient (Wildman–Crippen LogP) is 6.03. The van der Waals surface area contributed by atoms with Crippen molar-refractivity contribution in [3.05, 3.63) is 87.3 Å². The number of aromatic nitrogens is 1. The van der Waals surface area contributed by atoms with Gasteiger partial charge in [-0.15, -0.1) is 0 Å². The maximum atomic E-state index is 14.3. The molecule has 0 N–H and O–H groups in total. The number of fused-ring (bicyclic) bond motifs is 2. The van der Waals surface area contributed by atoms with Crippen LogP contribution in [-0.2, 0) is 13.5 Å². The van der Waals surface area contributed by atoms with E-state index < -0.39 is 11.6 Å². The second-order valence-electron chi connectivity index (χ2n) is 8.59. The molecule has 0 spiro atoms. The first-order valence-electron chi connectivity index (χ1n) is 10.6. The number of rotatable bonds is 3. The van der Waals surface area contributed by atoms with Crippen LogP contribution in [0.3, 0.4) is 0 Å². The van der Waals surface area contributed by atoms with Crippen molar-refractivity contribution in [3.63, 3.8) is 0 Å². The average Bonchev–Trinajstić information content (AvgIpc) is 2.84. The van der Waals surface area contributed by atoms with E-state index in [1.807, 2.05) is 25.3 Å². The largest absolute Gasteiger partial charge is 0.454 e. The molecule has 2 unspecified atom stereocenters. The first kappa shape index (κ1) is 19.7. The van der Waals surface area contributed by atoms with Gasteiger partial charge in [-0.2, -0.15) is 0 Å². The van der Waals surface area contributed by atoms with E-state index in [4.69, 9.17) is 4.74 Å².